The topological polar surface area (TPSA) is 96.9 Å². The molecular weight excluding hydrogens is 386 g/mol. The second-order valence-corrected chi connectivity index (χ2v) is 8.84. The number of rotatable bonds is 2. The summed E-state index contributed by atoms with van der Waals surface area (Å²) < 4.78 is 10.6. The minimum atomic E-state index is -0.623. The molecule has 1 aromatic rings. The molecule has 0 saturated carbocycles. The summed E-state index contributed by atoms with van der Waals surface area (Å²) in [6, 6.07) is 1.45. The summed E-state index contributed by atoms with van der Waals surface area (Å²) in [6.07, 6.45) is -0.964. The number of hydrogen-bond donors (Lipinski definition) is 1. The Morgan fingerprint density at radius 1 is 1.00 bits per heavy atom. The zero-order valence-corrected chi connectivity index (χ0v) is 18.0. The van der Waals surface area contributed by atoms with E-state index in [1.165, 1.54) is 6.07 Å². The van der Waals surface area contributed by atoms with Crippen LogP contribution in [0.5, 0.6) is 0 Å². The first kappa shape index (κ1) is 22.0. The third-order valence-corrected chi connectivity index (χ3v) is 3.72. The molecule has 0 radical (unpaired) electrons. The van der Waals surface area contributed by atoms with Crippen LogP contribution in [0.2, 0.25) is 5.15 Å². The smallest absolute Gasteiger partial charge is 0.413 e. The van der Waals surface area contributed by atoms with Gasteiger partial charge in [0, 0.05) is 32.2 Å². The van der Waals surface area contributed by atoms with Gasteiger partial charge in [-0.3, -0.25) is 5.32 Å². The van der Waals surface area contributed by atoms with Crippen molar-refractivity contribution in [2.45, 2.75) is 52.7 Å². The van der Waals surface area contributed by atoms with E-state index in [0.717, 1.165) is 0 Å². The Morgan fingerprint density at radius 2 is 1.57 bits per heavy atom. The molecule has 0 unspecified atom stereocenters. The van der Waals surface area contributed by atoms with Crippen molar-refractivity contribution in [3.05, 3.63) is 11.2 Å². The molecule has 0 aromatic carbocycles. The number of nitrogens with one attached hydrogen (secondary N) is 1. The normalized spacial score (nSPS) is 15.2. The highest BCUT2D eigenvalue weighted by Gasteiger charge is 2.27. The molecule has 9 nitrogen and oxygen atoms in total. The van der Waals surface area contributed by atoms with Crippen LogP contribution in [0, 0.1) is 0 Å². The van der Waals surface area contributed by atoms with Crippen LogP contribution in [-0.4, -0.2) is 64.4 Å². The van der Waals surface area contributed by atoms with Crippen molar-refractivity contribution in [3.63, 3.8) is 0 Å². The number of hydrogen-bond acceptors (Lipinski definition) is 7. The van der Waals surface area contributed by atoms with Crippen LogP contribution in [-0.2, 0) is 9.47 Å². The van der Waals surface area contributed by atoms with E-state index in [-0.39, 0.29) is 17.1 Å². The van der Waals surface area contributed by atoms with E-state index in [9.17, 15) is 9.59 Å². The van der Waals surface area contributed by atoms with Gasteiger partial charge in [0.1, 0.15) is 22.2 Å². The Bertz CT molecular complexity index is 722. The number of amides is 2. The van der Waals surface area contributed by atoms with E-state index in [2.05, 4.69) is 15.3 Å². The zero-order valence-electron chi connectivity index (χ0n) is 17.2. The Kier molecular flexibility index (Phi) is 6.59. The third-order valence-electron chi connectivity index (χ3n) is 3.53. The maximum atomic E-state index is 12.2. The molecule has 10 heteroatoms. The van der Waals surface area contributed by atoms with Crippen molar-refractivity contribution in [2.24, 2.45) is 0 Å². The van der Waals surface area contributed by atoms with Gasteiger partial charge in [0.25, 0.3) is 0 Å². The molecular formula is C18H28ClN5O4. The van der Waals surface area contributed by atoms with Crippen LogP contribution in [0.15, 0.2) is 6.07 Å². The Morgan fingerprint density at radius 3 is 2.11 bits per heavy atom. The number of piperazine rings is 1. The largest absolute Gasteiger partial charge is 0.444 e. The van der Waals surface area contributed by atoms with Crippen LogP contribution < -0.4 is 10.2 Å². The molecule has 2 rings (SSSR count). The van der Waals surface area contributed by atoms with Gasteiger partial charge in [-0.05, 0) is 41.5 Å². The third kappa shape index (κ3) is 7.03. The summed E-state index contributed by atoms with van der Waals surface area (Å²) in [6.45, 7) is 12.8. The summed E-state index contributed by atoms with van der Waals surface area (Å²) in [4.78, 5) is 36.2. The Hall–Kier alpha value is -2.29. The average molecular weight is 414 g/mol. The summed E-state index contributed by atoms with van der Waals surface area (Å²) >= 11 is 6.08. The molecule has 1 aromatic heterocycles. The van der Waals surface area contributed by atoms with Crippen molar-refractivity contribution in [1.29, 1.82) is 0 Å². The van der Waals surface area contributed by atoms with E-state index in [4.69, 9.17) is 21.1 Å². The predicted molar refractivity (Wildman–Crippen MR) is 107 cm³/mol. The molecule has 1 N–H and O–H groups in total. The second kappa shape index (κ2) is 8.38. The SMILES string of the molecule is CC(C)(C)OC(=O)Nc1cc(Cl)nc(N2CCN(C(=O)OC(C)(C)C)CC2)n1. The van der Waals surface area contributed by atoms with Gasteiger partial charge in [0.2, 0.25) is 5.95 Å². The Labute approximate surface area is 170 Å². The van der Waals surface area contributed by atoms with E-state index in [1.807, 2.05) is 25.7 Å². The van der Waals surface area contributed by atoms with E-state index in [1.54, 1.807) is 25.7 Å². The highest BCUT2D eigenvalue weighted by atomic mass is 35.5. The average Bonchev–Trinajstić information content (AvgIpc) is 2.51. The van der Waals surface area contributed by atoms with Gasteiger partial charge in [0.05, 0.1) is 0 Å². The molecule has 28 heavy (non-hydrogen) atoms. The number of aromatic nitrogens is 2. The molecule has 1 fully saturated rings. The molecule has 2 heterocycles. The first-order chi connectivity index (χ1) is 12.8. The van der Waals surface area contributed by atoms with Crippen LogP contribution in [0.1, 0.15) is 41.5 Å². The first-order valence-electron chi connectivity index (χ1n) is 9.10. The fourth-order valence-electron chi connectivity index (χ4n) is 2.43. The number of carbonyl (C=O) groups is 2. The molecule has 0 spiro atoms. The molecule has 156 valence electrons. The minimum Gasteiger partial charge on any atom is -0.444 e. The lowest BCUT2D eigenvalue weighted by atomic mass is 10.2. The van der Waals surface area contributed by atoms with Crippen molar-refractivity contribution in [2.75, 3.05) is 36.4 Å². The number of nitrogens with zero attached hydrogens (tertiary/aromatic N) is 4. The van der Waals surface area contributed by atoms with Gasteiger partial charge in [-0.1, -0.05) is 11.6 Å². The van der Waals surface area contributed by atoms with Gasteiger partial charge in [-0.2, -0.15) is 4.98 Å². The van der Waals surface area contributed by atoms with E-state index < -0.39 is 17.3 Å². The van der Waals surface area contributed by atoms with Crippen LogP contribution >= 0.6 is 11.6 Å². The van der Waals surface area contributed by atoms with Crippen LogP contribution in [0.3, 0.4) is 0 Å². The minimum absolute atomic E-state index is 0.200. The standard InChI is InChI=1S/C18H28ClN5O4/c1-17(2,3)27-15(25)22-13-11-12(19)20-14(21-13)23-7-9-24(10-8-23)16(26)28-18(4,5)6/h11H,7-10H2,1-6H3,(H,20,21,22,25). The van der Waals surface area contributed by atoms with Crippen molar-refractivity contribution in [3.8, 4) is 0 Å². The summed E-state index contributed by atoms with van der Waals surface area (Å²) in [5.41, 5.74) is -1.16. The number of carbonyl (C=O) groups excluding carboxylic acids is 2. The van der Waals surface area contributed by atoms with Crippen molar-refractivity contribution in [1.82, 2.24) is 14.9 Å². The number of ether oxygens (including phenoxy) is 2. The number of anilines is 2. The van der Waals surface area contributed by atoms with E-state index >= 15 is 0 Å². The summed E-state index contributed by atoms with van der Waals surface area (Å²) in [7, 11) is 0. The lowest BCUT2D eigenvalue weighted by molar-refractivity contribution is 0.0239. The monoisotopic (exact) mass is 413 g/mol. The lowest BCUT2D eigenvalue weighted by Gasteiger charge is -2.35. The second-order valence-electron chi connectivity index (χ2n) is 8.46. The molecule has 1 saturated heterocycles. The highest BCUT2D eigenvalue weighted by molar-refractivity contribution is 6.29. The fourth-order valence-corrected chi connectivity index (χ4v) is 2.61. The first-order valence-corrected chi connectivity index (χ1v) is 9.48. The van der Waals surface area contributed by atoms with Gasteiger partial charge in [-0.15, -0.1) is 0 Å². The molecule has 1 aliphatic rings. The van der Waals surface area contributed by atoms with Gasteiger partial charge in [0.15, 0.2) is 0 Å². The fraction of sp³-hybridized carbons (Fsp3) is 0.667. The maximum absolute atomic E-state index is 12.2. The van der Waals surface area contributed by atoms with E-state index in [0.29, 0.717) is 32.1 Å². The molecule has 0 bridgehead atoms. The van der Waals surface area contributed by atoms with Gasteiger partial charge in [-0.25, -0.2) is 14.6 Å². The van der Waals surface area contributed by atoms with Gasteiger partial charge < -0.3 is 19.3 Å². The molecule has 0 aliphatic carbocycles. The summed E-state index contributed by atoms with van der Waals surface area (Å²) in [5, 5.41) is 2.76. The molecule has 1 aliphatic heterocycles. The highest BCUT2D eigenvalue weighted by Crippen LogP contribution is 2.20. The van der Waals surface area contributed by atoms with Crippen LogP contribution in [0.4, 0.5) is 21.4 Å². The zero-order chi connectivity index (χ0) is 21.1. The van der Waals surface area contributed by atoms with Crippen molar-refractivity contribution < 1.29 is 19.1 Å². The molecule has 0 atom stereocenters. The summed E-state index contributed by atoms with van der Waals surface area (Å²) in [5.74, 6) is 0.626. The lowest BCUT2D eigenvalue weighted by Crippen LogP contribution is -2.50. The van der Waals surface area contributed by atoms with Crippen LogP contribution in [0.25, 0.3) is 0 Å². The maximum Gasteiger partial charge on any atom is 0.413 e. The quantitative estimate of drug-likeness (QED) is 0.740. The van der Waals surface area contributed by atoms with Gasteiger partial charge >= 0.3 is 12.2 Å². The predicted octanol–water partition coefficient (Wildman–Crippen LogP) is 3.53. The van der Waals surface area contributed by atoms with Crippen molar-refractivity contribution >= 4 is 35.6 Å². The Balaban J connectivity index is 2.00. The molecule has 2 amide bonds. The number of halogens is 1.